The van der Waals surface area contributed by atoms with Gasteiger partial charge in [-0.3, -0.25) is 4.68 Å². The van der Waals surface area contributed by atoms with Crippen molar-refractivity contribution in [3.8, 4) is 0 Å². The van der Waals surface area contributed by atoms with Crippen LogP contribution in [-0.2, 0) is 13.5 Å². The molecule has 3 nitrogen and oxygen atoms in total. The Morgan fingerprint density at radius 1 is 1.57 bits per heavy atom. The van der Waals surface area contributed by atoms with Crippen molar-refractivity contribution in [3.63, 3.8) is 0 Å². The van der Waals surface area contributed by atoms with Gasteiger partial charge < -0.3 is 5.73 Å². The molecule has 0 radical (unpaired) electrons. The number of rotatable bonds is 6. The van der Waals surface area contributed by atoms with Crippen LogP contribution in [0.15, 0.2) is 12.3 Å². The van der Waals surface area contributed by atoms with Crippen LogP contribution in [0.4, 0.5) is 0 Å². The third-order valence-corrected chi connectivity index (χ3v) is 3.16. The Morgan fingerprint density at radius 2 is 2.36 bits per heavy atom. The van der Waals surface area contributed by atoms with Crippen molar-refractivity contribution in [2.75, 3.05) is 11.5 Å². The Hall–Kier alpha value is -0.480. The summed E-state index contributed by atoms with van der Waals surface area (Å²) in [5, 5.41) is 4.13. The van der Waals surface area contributed by atoms with Crippen LogP contribution >= 0.6 is 11.8 Å². The highest BCUT2D eigenvalue weighted by Gasteiger charge is 1.99. The molecule has 0 aliphatic rings. The molecule has 0 aromatic carbocycles. The lowest BCUT2D eigenvalue weighted by Gasteiger charge is -2.04. The average molecular weight is 213 g/mol. The van der Waals surface area contributed by atoms with Crippen LogP contribution in [0.2, 0.25) is 0 Å². The second-order valence-electron chi connectivity index (χ2n) is 3.57. The van der Waals surface area contributed by atoms with Gasteiger partial charge in [-0.15, -0.1) is 0 Å². The van der Waals surface area contributed by atoms with Gasteiger partial charge in [0.2, 0.25) is 0 Å². The van der Waals surface area contributed by atoms with Gasteiger partial charge in [-0.1, -0.05) is 0 Å². The fourth-order valence-electron chi connectivity index (χ4n) is 1.19. The van der Waals surface area contributed by atoms with E-state index in [9.17, 15) is 0 Å². The van der Waals surface area contributed by atoms with E-state index in [1.165, 1.54) is 5.69 Å². The minimum Gasteiger partial charge on any atom is -0.328 e. The number of aromatic nitrogens is 2. The van der Waals surface area contributed by atoms with E-state index in [1.54, 1.807) is 0 Å². The molecule has 0 aliphatic carbocycles. The summed E-state index contributed by atoms with van der Waals surface area (Å²) in [7, 11) is 1.99. The molecule has 1 atom stereocenters. The van der Waals surface area contributed by atoms with Gasteiger partial charge in [-0.05, 0) is 37.3 Å². The lowest BCUT2D eigenvalue weighted by Crippen LogP contribution is -2.15. The quantitative estimate of drug-likeness (QED) is 0.727. The number of thioether (sulfide) groups is 1. The number of nitrogens with two attached hydrogens (primary N) is 1. The van der Waals surface area contributed by atoms with E-state index in [0.29, 0.717) is 6.04 Å². The second-order valence-corrected chi connectivity index (χ2v) is 4.80. The predicted octanol–water partition coefficient (Wildman–Crippen LogP) is 1.43. The Bertz CT molecular complexity index is 258. The molecule has 0 bridgehead atoms. The maximum absolute atomic E-state index is 5.67. The van der Waals surface area contributed by atoms with Crippen LogP contribution in [0.5, 0.6) is 0 Å². The normalized spacial score (nSPS) is 13.1. The molecule has 0 fully saturated rings. The van der Waals surface area contributed by atoms with Gasteiger partial charge in [0.25, 0.3) is 0 Å². The van der Waals surface area contributed by atoms with Crippen molar-refractivity contribution in [3.05, 3.63) is 18.0 Å². The van der Waals surface area contributed by atoms with Crippen LogP contribution in [0, 0.1) is 0 Å². The molecule has 2 N–H and O–H groups in total. The van der Waals surface area contributed by atoms with Crippen molar-refractivity contribution in [2.24, 2.45) is 12.8 Å². The summed E-state index contributed by atoms with van der Waals surface area (Å²) in [5.41, 5.74) is 6.97. The van der Waals surface area contributed by atoms with E-state index in [-0.39, 0.29) is 0 Å². The average Bonchev–Trinajstić information content (AvgIpc) is 2.51. The highest BCUT2D eigenvalue weighted by molar-refractivity contribution is 7.99. The zero-order valence-corrected chi connectivity index (χ0v) is 9.76. The molecule has 0 spiro atoms. The van der Waals surface area contributed by atoms with Gasteiger partial charge in [-0.25, -0.2) is 0 Å². The van der Waals surface area contributed by atoms with E-state index >= 15 is 0 Å². The Kier molecular flexibility index (Phi) is 5.04. The largest absolute Gasteiger partial charge is 0.328 e. The molecule has 0 amide bonds. The monoisotopic (exact) mass is 213 g/mol. The Labute approximate surface area is 90.1 Å². The number of hydrogen-bond acceptors (Lipinski definition) is 3. The minimum atomic E-state index is 0.333. The van der Waals surface area contributed by atoms with Crippen molar-refractivity contribution >= 4 is 11.8 Å². The van der Waals surface area contributed by atoms with Crippen molar-refractivity contribution in [1.82, 2.24) is 9.78 Å². The summed E-state index contributed by atoms with van der Waals surface area (Å²) in [6, 6.07) is 2.41. The first-order chi connectivity index (χ1) is 6.70. The first kappa shape index (κ1) is 11.6. The zero-order valence-electron chi connectivity index (χ0n) is 8.94. The molecule has 0 aliphatic heterocycles. The first-order valence-electron chi connectivity index (χ1n) is 5.00. The van der Waals surface area contributed by atoms with Crippen LogP contribution < -0.4 is 5.73 Å². The molecule has 14 heavy (non-hydrogen) atoms. The van der Waals surface area contributed by atoms with Crippen LogP contribution in [-0.4, -0.2) is 27.3 Å². The minimum absolute atomic E-state index is 0.333. The summed E-state index contributed by atoms with van der Waals surface area (Å²) < 4.78 is 1.94. The molecule has 1 rings (SSSR count). The highest BCUT2D eigenvalue weighted by atomic mass is 32.2. The van der Waals surface area contributed by atoms with Gasteiger partial charge in [0.05, 0.1) is 0 Å². The molecule has 1 aromatic rings. The number of hydrogen-bond donors (Lipinski definition) is 1. The SMILES string of the molecule is CC(N)CCSCCc1ccnn1C. The number of aryl methyl sites for hydroxylation is 2. The summed E-state index contributed by atoms with van der Waals surface area (Å²) in [6.45, 7) is 2.06. The zero-order chi connectivity index (χ0) is 10.4. The fraction of sp³-hybridized carbons (Fsp3) is 0.700. The van der Waals surface area contributed by atoms with E-state index in [4.69, 9.17) is 5.73 Å². The van der Waals surface area contributed by atoms with Crippen molar-refractivity contribution in [1.29, 1.82) is 0 Å². The van der Waals surface area contributed by atoms with E-state index in [0.717, 1.165) is 24.3 Å². The fourth-order valence-corrected chi connectivity index (χ4v) is 2.29. The highest BCUT2D eigenvalue weighted by Crippen LogP contribution is 2.08. The lowest BCUT2D eigenvalue weighted by atomic mass is 10.3. The smallest absolute Gasteiger partial charge is 0.0492 e. The molecule has 1 aromatic heterocycles. The molecule has 80 valence electrons. The van der Waals surface area contributed by atoms with E-state index in [2.05, 4.69) is 18.1 Å². The lowest BCUT2D eigenvalue weighted by molar-refractivity contribution is 0.715. The predicted molar refractivity (Wildman–Crippen MR) is 62.5 cm³/mol. The van der Waals surface area contributed by atoms with E-state index in [1.807, 2.05) is 29.7 Å². The van der Waals surface area contributed by atoms with Crippen LogP contribution in [0.3, 0.4) is 0 Å². The third-order valence-electron chi connectivity index (χ3n) is 2.14. The maximum Gasteiger partial charge on any atom is 0.0492 e. The summed E-state index contributed by atoms with van der Waals surface area (Å²) in [6.07, 6.45) is 4.05. The molecular weight excluding hydrogens is 194 g/mol. The third kappa shape index (κ3) is 4.15. The summed E-state index contributed by atoms with van der Waals surface area (Å²) >= 11 is 1.97. The van der Waals surface area contributed by atoms with Gasteiger partial charge in [-0.2, -0.15) is 16.9 Å². The second kappa shape index (κ2) is 6.09. The Morgan fingerprint density at radius 3 is 2.93 bits per heavy atom. The van der Waals surface area contributed by atoms with Crippen LogP contribution in [0.25, 0.3) is 0 Å². The van der Waals surface area contributed by atoms with Crippen LogP contribution in [0.1, 0.15) is 19.0 Å². The van der Waals surface area contributed by atoms with Crippen molar-refractivity contribution in [2.45, 2.75) is 25.8 Å². The van der Waals surface area contributed by atoms with Gasteiger partial charge in [0.15, 0.2) is 0 Å². The van der Waals surface area contributed by atoms with E-state index < -0.39 is 0 Å². The molecule has 1 unspecified atom stereocenters. The standard InChI is InChI=1S/C10H19N3S/c1-9(11)4-7-14-8-5-10-3-6-12-13(10)2/h3,6,9H,4-5,7-8,11H2,1-2H3. The maximum atomic E-state index is 5.67. The molecule has 0 saturated heterocycles. The number of nitrogens with zero attached hydrogens (tertiary/aromatic N) is 2. The molecule has 1 heterocycles. The molecule has 0 saturated carbocycles. The topological polar surface area (TPSA) is 43.8 Å². The summed E-state index contributed by atoms with van der Waals surface area (Å²) in [5.74, 6) is 2.32. The van der Waals surface area contributed by atoms with Gasteiger partial charge in [0.1, 0.15) is 0 Å². The van der Waals surface area contributed by atoms with Gasteiger partial charge in [0, 0.05) is 25.0 Å². The Balaban J connectivity index is 2.08. The molecular formula is C10H19N3S. The van der Waals surface area contributed by atoms with Crippen molar-refractivity contribution < 1.29 is 0 Å². The van der Waals surface area contributed by atoms with Gasteiger partial charge >= 0.3 is 0 Å². The molecule has 4 heteroatoms. The first-order valence-corrected chi connectivity index (χ1v) is 6.16. The summed E-state index contributed by atoms with van der Waals surface area (Å²) in [4.78, 5) is 0.